The number of hydrogen-bond donors (Lipinski definition) is 1. The number of fused-ring (bicyclic) bond motifs is 1. The molecule has 0 saturated heterocycles. The van der Waals surface area contributed by atoms with Gasteiger partial charge in [0.15, 0.2) is 0 Å². The van der Waals surface area contributed by atoms with E-state index >= 15 is 0 Å². The Kier molecular flexibility index (Phi) is 2.65. The molecule has 0 aliphatic rings. The van der Waals surface area contributed by atoms with Crippen LogP contribution in [0.15, 0.2) is 54.9 Å². The highest BCUT2D eigenvalue weighted by Crippen LogP contribution is 2.19. The lowest BCUT2D eigenvalue weighted by Crippen LogP contribution is -1.95. The maximum atomic E-state index is 5.94. The Balaban J connectivity index is 2.01. The Bertz CT molecular complexity index is 678. The molecule has 3 heteroatoms. The SMILES string of the molecule is Nc1cccc2ccc(Cc3cccnc3)nc12. The van der Waals surface area contributed by atoms with E-state index in [9.17, 15) is 0 Å². The standard InChI is InChI=1S/C15H13N3/c16-14-5-1-4-12-6-7-13(18-15(12)14)9-11-3-2-8-17-10-11/h1-8,10H,9,16H2. The minimum atomic E-state index is 0.723. The fourth-order valence-electron chi connectivity index (χ4n) is 2.02. The number of anilines is 1. The van der Waals surface area contributed by atoms with Crippen LogP contribution in [0.2, 0.25) is 0 Å². The van der Waals surface area contributed by atoms with Crippen molar-refractivity contribution in [2.24, 2.45) is 0 Å². The molecule has 0 bridgehead atoms. The van der Waals surface area contributed by atoms with Crippen LogP contribution in [0.25, 0.3) is 10.9 Å². The van der Waals surface area contributed by atoms with E-state index in [2.05, 4.69) is 16.0 Å². The zero-order chi connectivity index (χ0) is 12.4. The van der Waals surface area contributed by atoms with Crippen LogP contribution in [0, 0.1) is 0 Å². The molecule has 88 valence electrons. The quantitative estimate of drug-likeness (QED) is 0.695. The number of rotatable bonds is 2. The lowest BCUT2D eigenvalue weighted by atomic mass is 10.1. The predicted octanol–water partition coefficient (Wildman–Crippen LogP) is 2.80. The van der Waals surface area contributed by atoms with Crippen molar-refractivity contribution >= 4 is 16.6 Å². The van der Waals surface area contributed by atoms with Crippen LogP contribution >= 0.6 is 0 Å². The van der Waals surface area contributed by atoms with Crippen LogP contribution in [-0.2, 0) is 6.42 Å². The Morgan fingerprint density at radius 3 is 2.78 bits per heavy atom. The van der Waals surface area contributed by atoms with E-state index in [1.54, 1.807) is 6.20 Å². The minimum Gasteiger partial charge on any atom is -0.397 e. The molecule has 18 heavy (non-hydrogen) atoms. The molecule has 1 aromatic carbocycles. The number of nitrogen functional groups attached to an aromatic ring is 1. The molecule has 0 unspecified atom stereocenters. The monoisotopic (exact) mass is 235 g/mol. The Morgan fingerprint density at radius 2 is 1.94 bits per heavy atom. The molecule has 3 nitrogen and oxygen atoms in total. The molecule has 2 heterocycles. The molecule has 0 radical (unpaired) electrons. The van der Waals surface area contributed by atoms with E-state index < -0.39 is 0 Å². The zero-order valence-corrected chi connectivity index (χ0v) is 9.88. The third kappa shape index (κ3) is 2.02. The summed E-state index contributed by atoms with van der Waals surface area (Å²) in [5.41, 5.74) is 9.70. The first-order valence-electron chi connectivity index (χ1n) is 5.86. The average Bonchev–Trinajstić information content (AvgIpc) is 2.41. The summed E-state index contributed by atoms with van der Waals surface area (Å²) >= 11 is 0. The molecular formula is C15H13N3. The van der Waals surface area contributed by atoms with E-state index in [4.69, 9.17) is 5.73 Å². The van der Waals surface area contributed by atoms with E-state index in [-0.39, 0.29) is 0 Å². The number of benzene rings is 1. The maximum Gasteiger partial charge on any atom is 0.0934 e. The predicted molar refractivity (Wildman–Crippen MR) is 73.2 cm³/mol. The average molecular weight is 235 g/mol. The molecule has 2 aromatic heterocycles. The largest absolute Gasteiger partial charge is 0.397 e. The molecule has 0 atom stereocenters. The van der Waals surface area contributed by atoms with Gasteiger partial charge in [0, 0.05) is 29.9 Å². The van der Waals surface area contributed by atoms with Gasteiger partial charge >= 0.3 is 0 Å². The molecule has 0 spiro atoms. The van der Waals surface area contributed by atoms with Crippen LogP contribution in [0.1, 0.15) is 11.3 Å². The third-order valence-corrected chi connectivity index (χ3v) is 2.92. The summed E-state index contributed by atoms with van der Waals surface area (Å²) in [5, 5.41) is 1.07. The summed E-state index contributed by atoms with van der Waals surface area (Å²) in [6, 6.07) is 13.9. The first-order chi connectivity index (χ1) is 8.83. The Morgan fingerprint density at radius 1 is 1.00 bits per heavy atom. The third-order valence-electron chi connectivity index (χ3n) is 2.92. The van der Waals surface area contributed by atoms with Gasteiger partial charge in [-0.25, -0.2) is 0 Å². The number of nitrogens with two attached hydrogens (primary N) is 1. The Hall–Kier alpha value is -2.42. The van der Waals surface area contributed by atoms with E-state index in [1.165, 1.54) is 0 Å². The second-order valence-corrected chi connectivity index (χ2v) is 4.26. The molecule has 2 N–H and O–H groups in total. The van der Waals surface area contributed by atoms with Crippen molar-refractivity contribution in [3.8, 4) is 0 Å². The zero-order valence-electron chi connectivity index (χ0n) is 9.88. The first kappa shape index (κ1) is 10.7. The molecule has 3 rings (SSSR count). The highest BCUT2D eigenvalue weighted by Gasteiger charge is 2.02. The molecule has 0 aliphatic heterocycles. The fourth-order valence-corrected chi connectivity index (χ4v) is 2.02. The molecule has 3 aromatic rings. The van der Waals surface area contributed by atoms with Crippen molar-refractivity contribution in [3.63, 3.8) is 0 Å². The van der Waals surface area contributed by atoms with Crippen LogP contribution in [0.5, 0.6) is 0 Å². The van der Waals surface area contributed by atoms with Gasteiger partial charge < -0.3 is 5.73 Å². The van der Waals surface area contributed by atoms with Crippen molar-refractivity contribution in [2.45, 2.75) is 6.42 Å². The summed E-state index contributed by atoms with van der Waals surface area (Å²) in [5.74, 6) is 0. The van der Waals surface area contributed by atoms with Crippen molar-refractivity contribution in [2.75, 3.05) is 5.73 Å². The first-order valence-corrected chi connectivity index (χ1v) is 5.86. The maximum absolute atomic E-state index is 5.94. The molecule has 0 aliphatic carbocycles. The number of aromatic nitrogens is 2. The van der Waals surface area contributed by atoms with Crippen LogP contribution in [0.3, 0.4) is 0 Å². The number of hydrogen-bond acceptors (Lipinski definition) is 3. The summed E-state index contributed by atoms with van der Waals surface area (Å²) in [6.07, 6.45) is 4.41. The summed E-state index contributed by atoms with van der Waals surface area (Å²) in [4.78, 5) is 8.73. The highest BCUT2D eigenvalue weighted by atomic mass is 14.7. The summed E-state index contributed by atoms with van der Waals surface area (Å²) in [7, 11) is 0. The van der Waals surface area contributed by atoms with Crippen LogP contribution in [-0.4, -0.2) is 9.97 Å². The minimum absolute atomic E-state index is 0.723. The van der Waals surface area contributed by atoms with Gasteiger partial charge in [0.05, 0.1) is 11.2 Å². The van der Waals surface area contributed by atoms with E-state index in [0.29, 0.717) is 0 Å². The highest BCUT2D eigenvalue weighted by molar-refractivity contribution is 5.89. The van der Waals surface area contributed by atoms with Gasteiger partial charge in [0.1, 0.15) is 0 Å². The lowest BCUT2D eigenvalue weighted by Gasteiger charge is -2.05. The van der Waals surface area contributed by atoms with Gasteiger partial charge in [-0.3, -0.25) is 9.97 Å². The number of para-hydroxylation sites is 1. The van der Waals surface area contributed by atoms with Gasteiger partial charge in [-0.05, 0) is 23.8 Å². The van der Waals surface area contributed by atoms with Crippen LogP contribution in [0.4, 0.5) is 5.69 Å². The second kappa shape index (κ2) is 4.45. The Labute approximate surface area is 105 Å². The lowest BCUT2D eigenvalue weighted by molar-refractivity contribution is 1.08. The van der Waals surface area contributed by atoms with Gasteiger partial charge in [0.2, 0.25) is 0 Å². The van der Waals surface area contributed by atoms with Crippen molar-refractivity contribution < 1.29 is 0 Å². The van der Waals surface area contributed by atoms with Gasteiger partial charge in [-0.1, -0.05) is 24.3 Å². The van der Waals surface area contributed by atoms with Gasteiger partial charge in [0.25, 0.3) is 0 Å². The molecule has 0 fully saturated rings. The van der Waals surface area contributed by atoms with Crippen molar-refractivity contribution in [3.05, 3.63) is 66.1 Å². The fraction of sp³-hybridized carbons (Fsp3) is 0.0667. The van der Waals surface area contributed by atoms with Crippen molar-refractivity contribution in [1.29, 1.82) is 0 Å². The molecule has 0 saturated carbocycles. The van der Waals surface area contributed by atoms with E-state index in [0.717, 1.165) is 34.3 Å². The normalized spacial score (nSPS) is 10.7. The van der Waals surface area contributed by atoms with Crippen molar-refractivity contribution in [1.82, 2.24) is 9.97 Å². The van der Waals surface area contributed by atoms with Gasteiger partial charge in [-0.2, -0.15) is 0 Å². The number of nitrogens with zero attached hydrogens (tertiary/aromatic N) is 2. The summed E-state index contributed by atoms with van der Waals surface area (Å²) < 4.78 is 0. The smallest absolute Gasteiger partial charge is 0.0934 e. The van der Waals surface area contributed by atoms with Crippen LogP contribution < -0.4 is 5.73 Å². The van der Waals surface area contributed by atoms with Gasteiger partial charge in [-0.15, -0.1) is 0 Å². The number of pyridine rings is 2. The van der Waals surface area contributed by atoms with E-state index in [1.807, 2.05) is 42.6 Å². The summed E-state index contributed by atoms with van der Waals surface area (Å²) in [6.45, 7) is 0. The molecule has 0 amide bonds. The second-order valence-electron chi connectivity index (χ2n) is 4.26. The topological polar surface area (TPSA) is 51.8 Å². The molecular weight excluding hydrogens is 222 g/mol.